The zero-order chi connectivity index (χ0) is 22.5. The molecule has 7 nitrogen and oxygen atoms in total. The summed E-state index contributed by atoms with van der Waals surface area (Å²) >= 11 is 13.2. The lowest BCUT2D eigenvalue weighted by Gasteiger charge is -2.14. The second-order valence-corrected chi connectivity index (χ2v) is 7.96. The summed E-state index contributed by atoms with van der Waals surface area (Å²) < 4.78 is 5.06. The van der Waals surface area contributed by atoms with Gasteiger partial charge < -0.3 is 15.2 Å². The molecule has 0 unspecified atom stereocenters. The minimum absolute atomic E-state index is 0.117. The number of pyridine rings is 1. The third-order valence-electron chi connectivity index (χ3n) is 4.12. The predicted molar refractivity (Wildman–Crippen MR) is 120 cm³/mol. The van der Waals surface area contributed by atoms with Gasteiger partial charge in [0.15, 0.2) is 0 Å². The van der Waals surface area contributed by atoms with Crippen LogP contribution in [0.15, 0.2) is 47.5 Å². The van der Waals surface area contributed by atoms with Gasteiger partial charge in [-0.25, -0.2) is 4.79 Å². The van der Waals surface area contributed by atoms with E-state index in [1.54, 1.807) is 43.3 Å². The number of carboxylic acid groups (broad SMARTS) is 1. The molecule has 0 saturated carbocycles. The molecule has 0 bridgehead atoms. The van der Waals surface area contributed by atoms with Crippen molar-refractivity contribution in [1.82, 2.24) is 4.98 Å². The number of benzene rings is 2. The van der Waals surface area contributed by atoms with Crippen LogP contribution in [0.2, 0.25) is 10.0 Å². The van der Waals surface area contributed by atoms with Gasteiger partial charge >= 0.3 is 11.9 Å². The number of hydrogen-bond donors (Lipinski definition) is 2. The second-order valence-electron chi connectivity index (χ2n) is 6.16. The lowest BCUT2D eigenvalue weighted by molar-refractivity contribution is -0.133. The topological polar surface area (TPSA) is 106 Å². The maximum absolute atomic E-state index is 12.8. The number of anilines is 1. The highest BCUT2D eigenvalue weighted by molar-refractivity contribution is 8.00. The molecule has 0 aliphatic rings. The first-order valence-electron chi connectivity index (χ1n) is 9.02. The molecule has 0 atom stereocenters. The number of carbonyl (C=O) groups is 3. The first kappa shape index (κ1) is 22.9. The molecule has 0 saturated heterocycles. The van der Waals surface area contributed by atoms with E-state index in [1.165, 1.54) is 6.20 Å². The number of hydrogen-bond acceptors (Lipinski definition) is 6. The molecule has 2 N–H and O–H groups in total. The number of aromatic nitrogens is 1. The monoisotopic (exact) mass is 478 g/mol. The van der Waals surface area contributed by atoms with E-state index in [2.05, 4.69) is 10.3 Å². The number of nitrogens with one attached hydrogen (secondary N) is 1. The average Bonchev–Trinajstić information content (AvgIpc) is 2.72. The van der Waals surface area contributed by atoms with Crippen molar-refractivity contribution >= 4 is 69.4 Å². The fourth-order valence-corrected chi connectivity index (χ4v) is 4.29. The standard InChI is InChI=1S/C21H16Cl2N2O5S/c1-2-30-21(29)12-9-24-18-11(19(12)31-10-16(26)27)5-3-8-15(18)25-20(28)17-13(22)6-4-7-14(17)23/h3-9H,2,10H2,1H3,(H,25,28)(H,26,27). The fourth-order valence-electron chi connectivity index (χ4n) is 2.84. The molecule has 0 spiro atoms. The van der Waals surface area contributed by atoms with Crippen LogP contribution < -0.4 is 5.32 Å². The van der Waals surface area contributed by atoms with Gasteiger partial charge in [-0.2, -0.15) is 0 Å². The van der Waals surface area contributed by atoms with Gasteiger partial charge in [0.2, 0.25) is 0 Å². The number of esters is 1. The van der Waals surface area contributed by atoms with Crippen molar-refractivity contribution in [1.29, 1.82) is 0 Å². The molecule has 2 aromatic carbocycles. The van der Waals surface area contributed by atoms with Crippen molar-refractivity contribution < 1.29 is 24.2 Å². The van der Waals surface area contributed by atoms with E-state index in [0.29, 0.717) is 21.5 Å². The number of aliphatic carboxylic acids is 1. The van der Waals surface area contributed by atoms with Crippen LogP contribution in [0.4, 0.5) is 5.69 Å². The highest BCUT2D eigenvalue weighted by Gasteiger charge is 2.21. The quantitative estimate of drug-likeness (QED) is 0.357. The summed E-state index contributed by atoms with van der Waals surface area (Å²) in [4.78, 5) is 41.0. The van der Waals surface area contributed by atoms with Crippen LogP contribution in [0.25, 0.3) is 10.9 Å². The van der Waals surface area contributed by atoms with Crippen LogP contribution in [-0.4, -0.2) is 40.3 Å². The summed E-state index contributed by atoms with van der Waals surface area (Å²) in [6, 6.07) is 9.71. The Morgan fingerprint density at radius 1 is 1.13 bits per heavy atom. The molecular weight excluding hydrogens is 463 g/mol. The zero-order valence-electron chi connectivity index (χ0n) is 16.1. The normalized spacial score (nSPS) is 10.7. The van der Waals surface area contributed by atoms with E-state index in [1.807, 2.05) is 0 Å². The molecule has 1 heterocycles. The summed E-state index contributed by atoms with van der Waals surface area (Å²) in [6.07, 6.45) is 1.31. The lowest BCUT2D eigenvalue weighted by Crippen LogP contribution is -2.14. The van der Waals surface area contributed by atoms with Gasteiger partial charge in [-0.05, 0) is 25.1 Å². The smallest absolute Gasteiger partial charge is 0.340 e. The van der Waals surface area contributed by atoms with Gasteiger partial charge in [0.05, 0.1) is 44.7 Å². The van der Waals surface area contributed by atoms with Crippen LogP contribution in [0.1, 0.15) is 27.6 Å². The number of thioether (sulfide) groups is 1. The Kier molecular flexibility index (Phi) is 7.37. The minimum atomic E-state index is -1.04. The number of carbonyl (C=O) groups excluding carboxylic acids is 2. The molecular formula is C21H16Cl2N2O5S. The summed E-state index contributed by atoms with van der Waals surface area (Å²) in [6.45, 7) is 1.83. The number of ether oxygens (including phenoxy) is 1. The van der Waals surface area contributed by atoms with Gasteiger partial charge in [0.25, 0.3) is 5.91 Å². The first-order valence-corrected chi connectivity index (χ1v) is 10.8. The van der Waals surface area contributed by atoms with Gasteiger partial charge in [0.1, 0.15) is 0 Å². The van der Waals surface area contributed by atoms with Crippen LogP contribution in [0, 0.1) is 0 Å². The van der Waals surface area contributed by atoms with Gasteiger partial charge in [-0.15, -0.1) is 11.8 Å². The fraction of sp³-hybridized carbons (Fsp3) is 0.143. The molecule has 31 heavy (non-hydrogen) atoms. The Bertz CT molecular complexity index is 1170. The Hall–Kier alpha value is -2.81. The molecule has 0 fully saturated rings. The summed E-state index contributed by atoms with van der Waals surface area (Å²) in [5, 5.41) is 12.7. The van der Waals surface area contributed by atoms with E-state index >= 15 is 0 Å². The third kappa shape index (κ3) is 5.10. The number of carboxylic acids is 1. The molecule has 1 aromatic heterocycles. The Morgan fingerprint density at radius 2 is 1.81 bits per heavy atom. The maximum Gasteiger partial charge on any atom is 0.340 e. The van der Waals surface area contributed by atoms with Gasteiger partial charge in [0, 0.05) is 16.5 Å². The Balaban J connectivity index is 2.08. The number of fused-ring (bicyclic) bond motifs is 1. The maximum atomic E-state index is 12.8. The molecule has 0 aliphatic carbocycles. The summed E-state index contributed by atoms with van der Waals surface area (Å²) in [7, 11) is 0. The van der Waals surface area contributed by atoms with Crippen LogP contribution >= 0.6 is 35.0 Å². The number of rotatable bonds is 7. The molecule has 3 rings (SSSR count). The van der Waals surface area contributed by atoms with Crippen molar-refractivity contribution in [2.45, 2.75) is 11.8 Å². The highest BCUT2D eigenvalue weighted by Crippen LogP contribution is 2.34. The zero-order valence-corrected chi connectivity index (χ0v) is 18.5. The lowest BCUT2D eigenvalue weighted by atomic mass is 10.1. The van der Waals surface area contributed by atoms with Crippen molar-refractivity contribution in [3.63, 3.8) is 0 Å². The number of para-hydroxylation sites is 1. The van der Waals surface area contributed by atoms with Gasteiger partial charge in [-0.3, -0.25) is 14.6 Å². The molecule has 0 radical (unpaired) electrons. The van der Waals surface area contributed by atoms with Crippen molar-refractivity contribution in [3.05, 3.63) is 63.8 Å². The summed E-state index contributed by atoms with van der Waals surface area (Å²) in [5.41, 5.74) is 0.996. The number of amides is 1. The minimum Gasteiger partial charge on any atom is -0.481 e. The van der Waals surface area contributed by atoms with E-state index in [9.17, 15) is 14.4 Å². The third-order valence-corrected chi connectivity index (χ3v) is 5.87. The van der Waals surface area contributed by atoms with E-state index in [-0.39, 0.29) is 33.5 Å². The second kappa shape index (κ2) is 10.00. The SMILES string of the molecule is CCOC(=O)c1cnc2c(NC(=O)c3c(Cl)cccc3Cl)cccc2c1SCC(=O)O. The highest BCUT2D eigenvalue weighted by atomic mass is 35.5. The van der Waals surface area contributed by atoms with E-state index in [4.69, 9.17) is 33.0 Å². The van der Waals surface area contributed by atoms with Crippen LogP contribution in [-0.2, 0) is 9.53 Å². The van der Waals surface area contributed by atoms with Crippen molar-refractivity contribution in [2.75, 3.05) is 17.7 Å². The van der Waals surface area contributed by atoms with Gasteiger partial charge in [-0.1, -0.05) is 41.4 Å². The largest absolute Gasteiger partial charge is 0.481 e. The van der Waals surface area contributed by atoms with Crippen LogP contribution in [0.3, 0.4) is 0 Å². The molecule has 10 heteroatoms. The Morgan fingerprint density at radius 3 is 2.45 bits per heavy atom. The average molecular weight is 479 g/mol. The Labute approximate surface area is 191 Å². The summed E-state index contributed by atoms with van der Waals surface area (Å²) in [5.74, 6) is -2.44. The molecule has 1 amide bonds. The molecule has 160 valence electrons. The number of halogens is 2. The molecule has 3 aromatic rings. The predicted octanol–water partition coefficient (Wildman–Crippen LogP) is 5.15. The van der Waals surface area contributed by atoms with E-state index < -0.39 is 17.8 Å². The molecule has 0 aliphatic heterocycles. The van der Waals surface area contributed by atoms with Crippen molar-refractivity contribution in [3.8, 4) is 0 Å². The first-order chi connectivity index (χ1) is 14.8. The van der Waals surface area contributed by atoms with Crippen molar-refractivity contribution in [2.24, 2.45) is 0 Å². The van der Waals surface area contributed by atoms with E-state index in [0.717, 1.165) is 11.8 Å². The van der Waals surface area contributed by atoms with Crippen LogP contribution in [0.5, 0.6) is 0 Å². The number of nitrogens with zero attached hydrogens (tertiary/aromatic N) is 1.